The van der Waals surface area contributed by atoms with Crippen molar-refractivity contribution in [3.8, 4) is 0 Å². The van der Waals surface area contributed by atoms with Gasteiger partial charge in [-0.3, -0.25) is 4.99 Å². The Labute approximate surface area is 98.3 Å². The molecule has 1 unspecified atom stereocenters. The van der Waals surface area contributed by atoms with E-state index in [0.717, 1.165) is 5.56 Å². The maximum absolute atomic E-state index is 5.79. The van der Waals surface area contributed by atoms with Crippen LogP contribution in [-0.4, -0.2) is 16.1 Å². The van der Waals surface area contributed by atoms with Crippen molar-refractivity contribution in [2.75, 3.05) is 5.73 Å². The van der Waals surface area contributed by atoms with E-state index in [-0.39, 0.29) is 23.4 Å². The number of hydrogen-bond donors (Lipinski definition) is 2. The fourth-order valence-corrected chi connectivity index (χ4v) is 1.45. The van der Waals surface area contributed by atoms with Crippen LogP contribution in [0.25, 0.3) is 0 Å². The maximum Gasteiger partial charge on any atom is 0.199 e. The van der Waals surface area contributed by atoms with Gasteiger partial charge in [0.25, 0.3) is 0 Å². The molecule has 2 aromatic rings. The second-order valence-corrected chi connectivity index (χ2v) is 3.60. The summed E-state index contributed by atoms with van der Waals surface area (Å²) in [5.41, 5.74) is 12.7. The Morgan fingerprint density at radius 1 is 1.29 bits per heavy atom. The molecule has 0 aliphatic rings. The zero-order valence-corrected chi connectivity index (χ0v) is 9.37. The summed E-state index contributed by atoms with van der Waals surface area (Å²) >= 11 is 0. The van der Waals surface area contributed by atoms with Gasteiger partial charge in [0, 0.05) is 0 Å². The van der Waals surface area contributed by atoms with Crippen LogP contribution in [0.3, 0.4) is 0 Å². The molecule has 88 valence electrons. The van der Waals surface area contributed by atoms with Gasteiger partial charge in [0.05, 0.1) is 6.04 Å². The van der Waals surface area contributed by atoms with Gasteiger partial charge in [0.15, 0.2) is 17.3 Å². The molecular weight excluding hydrogens is 218 g/mol. The molecule has 0 fully saturated rings. The van der Waals surface area contributed by atoms with E-state index in [2.05, 4.69) is 19.9 Å². The van der Waals surface area contributed by atoms with E-state index >= 15 is 0 Å². The van der Waals surface area contributed by atoms with E-state index in [1.807, 2.05) is 37.3 Å². The van der Waals surface area contributed by atoms with Crippen LogP contribution in [0.5, 0.6) is 0 Å². The average Bonchev–Trinajstić information content (AvgIpc) is 2.76. The number of anilines is 1. The van der Waals surface area contributed by atoms with Crippen molar-refractivity contribution in [3.05, 3.63) is 41.6 Å². The van der Waals surface area contributed by atoms with Crippen molar-refractivity contribution in [1.82, 2.24) is 10.3 Å². The highest BCUT2D eigenvalue weighted by molar-refractivity contribution is 5.99. The molecule has 0 aliphatic heterocycles. The zero-order valence-electron chi connectivity index (χ0n) is 9.37. The van der Waals surface area contributed by atoms with Gasteiger partial charge in [0.1, 0.15) is 0 Å². The van der Waals surface area contributed by atoms with Crippen molar-refractivity contribution >= 4 is 11.7 Å². The molecular formula is C11H13N5O. The first-order valence-corrected chi connectivity index (χ1v) is 5.15. The van der Waals surface area contributed by atoms with Crippen LogP contribution >= 0.6 is 0 Å². The number of aromatic nitrogens is 2. The molecule has 2 rings (SSSR count). The molecule has 0 bridgehead atoms. The van der Waals surface area contributed by atoms with Crippen molar-refractivity contribution in [2.45, 2.75) is 13.0 Å². The van der Waals surface area contributed by atoms with Crippen LogP contribution in [0.4, 0.5) is 5.82 Å². The van der Waals surface area contributed by atoms with Crippen LogP contribution in [0.15, 0.2) is 40.0 Å². The van der Waals surface area contributed by atoms with Crippen molar-refractivity contribution < 1.29 is 4.63 Å². The van der Waals surface area contributed by atoms with Crippen molar-refractivity contribution in [1.29, 1.82) is 0 Å². The molecule has 0 aliphatic carbocycles. The van der Waals surface area contributed by atoms with Crippen LogP contribution in [0.2, 0.25) is 0 Å². The summed E-state index contributed by atoms with van der Waals surface area (Å²) in [7, 11) is 0. The second kappa shape index (κ2) is 4.65. The van der Waals surface area contributed by atoms with Gasteiger partial charge in [0.2, 0.25) is 0 Å². The smallest absolute Gasteiger partial charge is 0.199 e. The standard InChI is InChI=1S/C11H13N5O/c1-7(8-5-3-2-4-6-8)14-10(12)9-11(13)16-17-15-9/h2-7H,1H3,(H2,12,14)(H2,13,16). The minimum atomic E-state index is -0.0766. The van der Waals surface area contributed by atoms with E-state index in [9.17, 15) is 0 Å². The highest BCUT2D eigenvalue weighted by Gasteiger charge is 2.12. The Kier molecular flexibility index (Phi) is 3.04. The van der Waals surface area contributed by atoms with E-state index in [1.54, 1.807) is 0 Å². The lowest BCUT2D eigenvalue weighted by molar-refractivity contribution is 0.308. The molecule has 0 radical (unpaired) electrons. The lowest BCUT2D eigenvalue weighted by Gasteiger charge is -2.07. The van der Waals surface area contributed by atoms with Gasteiger partial charge in [-0.25, -0.2) is 4.63 Å². The molecule has 1 atom stereocenters. The molecule has 1 aromatic carbocycles. The summed E-state index contributed by atoms with van der Waals surface area (Å²) in [4.78, 5) is 4.30. The third-order valence-corrected chi connectivity index (χ3v) is 2.37. The number of hydrogen-bond acceptors (Lipinski definition) is 5. The van der Waals surface area contributed by atoms with E-state index in [0.29, 0.717) is 0 Å². The van der Waals surface area contributed by atoms with E-state index < -0.39 is 0 Å². The lowest BCUT2D eigenvalue weighted by atomic mass is 10.1. The molecule has 0 saturated heterocycles. The number of amidine groups is 1. The van der Waals surface area contributed by atoms with Gasteiger partial charge >= 0.3 is 0 Å². The van der Waals surface area contributed by atoms with Gasteiger partial charge in [-0.15, -0.1) is 0 Å². The Hall–Kier alpha value is -2.37. The van der Waals surface area contributed by atoms with E-state index in [1.165, 1.54) is 0 Å². The lowest BCUT2D eigenvalue weighted by Crippen LogP contribution is -2.17. The summed E-state index contributed by atoms with van der Waals surface area (Å²) < 4.78 is 4.47. The predicted octanol–water partition coefficient (Wildman–Crippen LogP) is 1.12. The fraction of sp³-hybridized carbons (Fsp3) is 0.182. The van der Waals surface area contributed by atoms with Crippen LogP contribution < -0.4 is 11.5 Å². The average molecular weight is 231 g/mol. The third kappa shape index (κ3) is 2.41. The molecule has 6 heteroatoms. The quantitative estimate of drug-likeness (QED) is 0.608. The predicted molar refractivity (Wildman–Crippen MR) is 64.3 cm³/mol. The molecule has 0 spiro atoms. The molecule has 1 heterocycles. The Morgan fingerprint density at radius 3 is 2.59 bits per heavy atom. The normalized spacial score (nSPS) is 13.6. The number of rotatable bonds is 3. The Balaban J connectivity index is 2.23. The summed E-state index contributed by atoms with van der Waals surface area (Å²) in [6, 6.07) is 9.72. The third-order valence-electron chi connectivity index (χ3n) is 2.37. The van der Waals surface area contributed by atoms with E-state index in [4.69, 9.17) is 11.5 Å². The van der Waals surface area contributed by atoms with Crippen LogP contribution in [0.1, 0.15) is 24.2 Å². The van der Waals surface area contributed by atoms with Gasteiger partial charge in [-0.1, -0.05) is 30.3 Å². The minimum absolute atomic E-state index is 0.0766. The number of nitrogens with two attached hydrogens (primary N) is 2. The molecule has 6 nitrogen and oxygen atoms in total. The highest BCUT2D eigenvalue weighted by atomic mass is 16.6. The molecule has 17 heavy (non-hydrogen) atoms. The first kappa shape index (κ1) is 11.1. The number of benzene rings is 1. The van der Waals surface area contributed by atoms with Gasteiger partial charge in [-0.2, -0.15) is 0 Å². The van der Waals surface area contributed by atoms with Gasteiger partial charge < -0.3 is 11.5 Å². The zero-order chi connectivity index (χ0) is 12.3. The fourth-order valence-electron chi connectivity index (χ4n) is 1.45. The van der Waals surface area contributed by atoms with Crippen molar-refractivity contribution in [3.63, 3.8) is 0 Å². The topological polar surface area (TPSA) is 103 Å². The summed E-state index contributed by atoms with van der Waals surface area (Å²) in [5.74, 6) is 0.367. The summed E-state index contributed by atoms with van der Waals surface area (Å²) in [5, 5.41) is 7.04. The number of nitrogen functional groups attached to an aromatic ring is 1. The highest BCUT2D eigenvalue weighted by Crippen LogP contribution is 2.17. The Morgan fingerprint density at radius 2 is 2.00 bits per heavy atom. The Bertz CT molecular complexity index is 520. The molecule has 1 aromatic heterocycles. The minimum Gasteiger partial charge on any atom is -0.382 e. The summed E-state index contributed by atoms with van der Waals surface area (Å²) in [6.07, 6.45) is 0. The largest absolute Gasteiger partial charge is 0.382 e. The first-order valence-electron chi connectivity index (χ1n) is 5.15. The second-order valence-electron chi connectivity index (χ2n) is 3.60. The van der Waals surface area contributed by atoms with Crippen LogP contribution in [0, 0.1) is 0 Å². The van der Waals surface area contributed by atoms with Crippen LogP contribution in [-0.2, 0) is 0 Å². The van der Waals surface area contributed by atoms with Gasteiger partial charge in [-0.05, 0) is 22.8 Å². The first-order chi connectivity index (χ1) is 8.18. The molecule has 4 N–H and O–H groups in total. The summed E-state index contributed by atoms with van der Waals surface area (Å²) in [6.45, 7) is 1.94. The SMILES string of the molecule is CC(N=C(N)c1nonc1N)c1ccccc1. The van der Waals surface area contributed by atoms with Crippen molar-refractivity contribution in [2.24, 2.45) is 10.7 Å². The number of aliphatic imine (C=N–C) groups is 1. The maximum atomic E-state index is 5.79. The number of nitrogens with zero attached hydrogens (tertiary/aromatic N) is 3. The molecule has 0 amide bonds. The molecule has 0 saturated carbocycles. The monoisotopic (exact) mass is 231 g/mol.